The number of amides is 2. The number of rotatable bonds is 5. The molecule has 7 heteroatoms. The Labute approximate surface area is 217 Å². The van der Waals surface area contributed by atoms with Crippen LogP contribution in [0.2, 0.25) is 0 Å². The van der Waals surface area contributed by atoms with Gasteiger partial charge >= 0.3 is 0 Å². The number of carbonyl (C=O) groups excluding carboxylic acids is 2. The summed E-state index contributed by atoms with van der Waals surface area (Å²) >= 11 is 1.80. The molecule has 0 saturated carbocycles. The smallest absolute Gasteiger partial charge is 0.254 e. The predicted molar refractivity (Wildman–Crippen MR) is 143 cm³/mol. The van der Waals surface area contributed by atoms with Crippen LogP contribution < -0.4 is 4.74 Å². The van der Waals surface area contributed by atoms with Crippen molar-refractivity contribution in [3.05, 3.63) is 87.1 Å². The molecule has 0 radical (unpaired) electrons. The lowest BCUT2D eigenvalue weighted by atomic mass is 9.93. The Kier molecular flexibility index (Phi) is 7.12. The fourth-order valence-electron chi connectivity index (χ4n) is 5.44. The number of nitrogens with zero attached hydrogens (tertiary/aromatic N) is 3. The summed E-state index contributed by atoms with van der Waals surface area (Å²) in [5, 5.41) is 2.15. The van der Waals surface area contributed by atoms with E-state index in [1.807, 2.05) is 60.0 Å². The molecule has 3 heterocycles. The van der Waals surface area contributed by atoms with Gasteiger partial charge in [0.15, 0.2) is 0 Å². The van der Waals surface area contributed by atoms with E-state index in [0.29, 0.717) is 26.2 Å². The molecule has 2 aliphatic rings. The maximum Gasteiger partial charge on any atom is 0.254 e. The first-order valence-electron chi connectivity index (χ1n) is 12.5. The maximum absolute atomic E-state index is 13.5. The monoisotopic (exact) mass is 503 g/mol. The van der Waals surface area contributed by atoms with Crippen LogP contribution in [0, 0.1) is 6.92 Å². The minimum atomic E-state index is -0.0305. The average Bonchev–Trinajstić information content (AvgIpc) is 3.37. The first kappa shape index (κ1) is 24.5. The summed E-state index contributed by atoms with van der Waals surface area (Å²) in [6.45, 7) is 6.88. The molecule has 3 aromatic rings. The van der Waals surface area contributed by atoms with E-state index in [4.69, 9.17) is 4.74 Å². The van der Waals surface area contributed by atoms with Crippen molar-refractivity contribution >= 4 is 23.2 Å². The molecule has 0 aliphatic carbocycles. The fraction of sp³-hybridized carbons (Fsp3) is 0.379. The van der Waals surface area contributed by atoms with Crippen LogP contribution in [-0.4, -0.2) is 72.4 Å². The van der Waals surface area contributed by atoms with Crippen LogP contribution in [0.1, 0.15) is 44.9 Å². The number of carbonyl (C=O) groups is 2. The van der Waals surface area contributed by atoms with Gasteiger partial charge in [0.05, 0.1) is 19.7 Å². The molecule has 188 valence electrons. The van der Waals surface area contributed by atoms with Crippen molar-refractivity contribution in [1.82, 2.24) is 14.7 Å². The third kappa shape index (κ3) is 4.77. The number of hydrogen-bond acceptors (Lipinski definition) is 5. The molecule has 1 saturated heterocycles. The number of methoxy groups -OCH3 is 1. The Hall–Kier alpha value is -3.16. The van der Waals surface area contributed by atoms with E-state index in [1.165, 1.54) is 16.0 Å². The van der Waals surface area contributed by atoms with Gasteiger partial charge in [-0.3, -0.25) is 14.5 Å². The second kappa shape index (κ2) is 10.4. The molecular formula is C29H33N3O3S. The highest BCUT2D eigenvalue weighted by molar-refractivity contribution is 7.10. The summed E-state index contributed by atoms with van der Waals surface area (Å²) < 4.78 is 5.35. The van der Waals surface area contributed by atoms with Gasteiger partial charge in [-0.25, -0.2) is 0 Å². The zero-order chi connectivity index (χ0) is 25.2. The molecular weight excluding hydrogens is 470 g/mol. The summed E-state index contributed by atoms with van der Waals surface area (Å²) in [5.41, 5.74) is 4.19. The van der Waals surface area contributed by atoms with E-state index in [9.17, 15) is 9.59 Å². The lowest BCUT2D eigenvalue weighted by molar-refractivity contribution is -0.135. The van der Waals surface area contributed by atoms with E-state index in [-0.39, 0.29) is 23.9 Å². The standard InChI is InChI=1S/C29H33N3O3S/c1-20-6-4-5-7-24(20)29(34)32-16-15-30(18-21(32)2)27(33)19-31-14-12-26-25(13-17-36-26)28(31)22-8-10-23(35-3)11-9-22/h4-11,13,17,21,28H,12,14-16,18-19H2,1-3H3/t21-,28-/m1/s1. The van der Waals surface area contributed by atoms with E-state index < -0.39 is 0 Å². The minimum Gasteiger partial charge on any atom is -0.497 e. The van der Waals surface area contributed by atoms with Gasteiger partial charge in [-0.15, -0.1) is 11.3 Å². The van der Waals surface area contributed by atoms with Gasteiger partial charge in [0.2, 0.25) is 5.91 Å². The SMILES string of the molecule is COc1ccc([C@@H]2c3ccsc3CCN2CC(=O)N2CCN(C(=O)c3ccccc3C)[C@H](C)C2)cc1. The van der Waals surface area contributed by atoms with E-state index >= 15 is 0 Å². The number of hydrogen-bond donors (Lipinski definition) is 0. The summed E-state index contributed by atoms with van der Waals surface area (Å²) in [6, 6.07) is 18.1. The molecule has 5 rings (SSSR count). The van der Waals surface area contributed by atoms with Crippen molar-refractivity contribution in [3.63, 3.8) is 0 Å². The predicted octanol–water partition coefficient (Wildman–Crippen LogP) is 4.39. The largest absolute Gasteiger partial charge is 0.497 e. The van der Waals surface area contributed by atoms with E-state index in [2.05, 4.69) is 28.5 Å². The quantitative estimate of drug-likeness (QED) is 0.518. The Bertz CT molecular complexity index is 1240. The van der Waals surface area contributed by atoms with Crippen molar-refractivity contribution in [3.8, 4) is 5.75 Å². The zero-order valence-corrected chi connectivity index (χ0v) is 22.0. The van der Waals surface area contributed by atoms with Crippen LogP contribution in [-0.2, 0) is 11.2 Å². The molecule has 2 atom stereocenters. The molecule has 0 bridgehead atoms. The molecule has 0 N–H and O–H groups in total. The molecule has 2 amide bonds. The number of piperazine rings is 1. The maximum atomic E-state index is 13.5. The summed E-state index contributed by atoms with van der Waals surface area (Å²) in [5.74, 6) is 1.00. The summed E-state index contributed by atoms with van der Waals surface area (Å²) in [4.78, 5) is 34.2. The van der Waals surface area contributed by atoms with Crippen molar-refractivity contribution in [2.24, 2.45) is 0 Å². The van der Waals surface area contributed by atoms with Crippen molar-refractivity contribution < 1.29 is 14.3 Å². The molecule has 6 nitrogen and oxygen atoms in total. The molecule has 36 heavy (non-hydrogen) atoms. The number of fused-ring (bicyclic) bond motifs is 1. The molecule has 1 aromatic heterocycles. The van der Waals surface area contributed by atoms with Gasteiger partial charge in [0.1, 0.15) is 5.75 Å². The van der Waals surface area contributed by atoms with Gasteiger partial charge < -0.3 is 14.5 Å². The van der Waals surface area contributed by atoms with Gasteiger partial charge in [0, 0.05) is 42.7 Å². The van der Waals surface area contributed by atoms with Crippen LogP contribution >= 0.6 is 11.3 Å². The normalized spacial score (nSPS) is 20.2. The van der Waals surface area contributed by atoms with Crippen molar-refractivity contribution in [2.75, 3.05) is 39.8 Å². The second-order valence-electron chi connectivity index (χ2n) is 9.70. The second-order valence-corrected chi connectivity index (χ2v) is 10.7. The number of thiophene rings is 1. The van der Waals surface area contributed by atoms with Crippen LogP contribution in [0.25, 0.3) is 0 Å². The zero-order valence-electron chi connectivity index (χ0n) is 21.1. The van der Waals surface area contributed by atoms with Gasteiger partial charge in [0.25, 0.3) is 5.91 Å². The highest BCUT2D eigenvalue weighted by Crippen LogP contribution is 2.38. The highest BCUT2D eigenvalue weighted by atomic mass is 32.1. The average molecular weight is 504 g/mol. The third-order valence-corrected chi connectivity index (χ3v) is 8.45. The van der Waals surface area contributed by atoms with Crippen LogP contribution in [0.5, 0.6) is 5.75 Å². The third-order valence-electron chi connectivity index (χ3n) is 7.45. The lowest BCUT2D eigenvalue weighted by Gasteiger charge is -2.42. The highest BCUT2D eigenvalue weighted by Gasteiger charge is 2.35. The fourth-order valence-corrected chi connectivity index (χ4v) is 6.35. The lowest BCUT2D eigenvalue weighted by Crippen LogP contribution is -2.57. The first-order chi connectivity index (χ1) is 17.5. The molecule has 1 fully saturated rings. The van der Waals surface area contributed by atoms with Gasteiger partial charge in [-0.2, -0.15) is 0 Å². The van der Waals surface area contributed by atoms with Gasteiger partial charge in [-0.05, 0) is 66.6 Å². The Morgan fingerprint density at radius 3 is 2.53 bits per heavy atom. The summed E-state index contributed by atoms with van der Waals surface area (Å²) in [6.07, 6.45) is 0.960. The first-order valence-corrected chi connectivity index (χ1v) is 13.4. The van der Waals surface area contributed by atoms with Crippen LogP contribution in [0.4, 0.5) is 0 Å². The number of aryl methyl sites for hydroxylation is 1. The Balaban J connectivity index is 1.28. The summed E-state index contributed by atoms with van der Waals surface area (Å²) in [7, 11) is 1.67. The molecule has 2 aliphatic heterocycles. The van der Waals surface area contributed by atoms with Crippen LogP contribution in [0.15, 0.2) is 60.0 Å². The number of ether oxygens (including phenoxy) is 1. The van der Waals surface area contributed by atoms with E-state index in [0.717, 1.165) is 29.8 Å². The van der Waals surface area contributed by atoms with Gasteiger partial charge in [-0.1, -0.05) is 30.3 Å². The topological polar surface area (TPSA) is 53.1 Å². The number of benzene rings is 2. The molecule has 0 spiro atoms. The molecule has 2 aromatic carbocycles. The molecule has 0 unspecified atom stereocenters. The van der Waals surface area contributed by atoms with Crippen LogP contribution in [0.3, 0.4) is 0 Å². The van der Waals surface area contributed by atoms with Crippen molar-refractivity contribution in [1.29, 1.82) is 0 Å². The minimum absolute atomic E-state index is 0.0305. The Morgan fingerprint density at radius 2 is 1.81 bits per heavy atom. The van der Waals surface area contributed by atoms with E-state index in [1.54, 1.807) is 18.4 Å². The Morgan fingerprint density at radius 1 is 1.03 bits per heavy atom. The van der Waals surface area contributed by atoms with Crippen molar-refractivity contribution in [2.45, 2.75) is 32.4 Å².